The predicted octanol–water partition coefficient (Wildman–Crippen LogP) is 2.14. The van der Waals surface area contributed by atoms with E-state index in [-0.39, 0.29) is 17.8 Å². The second kappa shape index (κ2) is 6.03. The van der Waals surface area contributed by atoms with E-state index in [1.54, 1.807) is 23.0 Å². The third-order valence-electron chi connectivity index (χ3n) is 3.72. The minimum Gasteiger partial charge on any atom is -0.348 e. The van der Waals surface area contributed by atoms with E-state index in [9.17, 15) is 9.18 Å². The van der Waals surface area contributed by atoms with Gasteiger partial charge in [0.15, 0.2) is 5.69 Å². The summed E-state index contributed by atoms with van der Waals surface area (Å²) < 4.78 is 14.4. The van der Waals surface area contributed by atoms with Crippen molar-refractivity contribution in [3.8, 4) is 0 Å². The van der Waals surface area contributed by atoms with Crippen LogP contribution in [0.3, 0.4) is 0 Å². The first-order chi connectivity index (χ1) is 10.2. The minimum absolute atomic E-state index is 0.174. The van der Waals surface area contributed by atoms with E-state index in [0.29, 0.717) is 12.2 Å². The van der Waals surface area contributed by atoms with Gasteiger partial charge in [-0.3, -0.25) is 4.79 Å². The summed E-state index contributed by atoms with van der Waals surface area (Å²) in [6.45, 7) is 0.462. The highest BCUT2D eigenvalue weighted by atomic mass is 19.1. The molecule has 0 unspecified atom stereocenters. The molecule has 2 aromatic rings. The fraction of sp³-hybridized carbons (Fsp3) is 0.400. The Morgan fingerprint density at radius 3 is 2.71 bits per heavy atom. The van der Waals surface area contributed by atoms with Crippen LogP contribution < -0.4 is 5.32 Å². The molecule has 0 radical (unpaired) electrons. The summed E-state index contributed by atoms with van der Waals surface area (Å²) in [5, 5.41) is 10.8. The summed E-state index contributed by atoms with van der Waals surface area (Å²) in [7, 11) is 0. The summed E-state index contributed by atoms with van der Waals surface area (Å²) in [5.41, 5.74) is 1.23. The summed E-state index contributed by atoms with van der Waals surface area (Å²) in [5.74, 6) is -0.443. The van der Waals surface area contributed by atoms with Crippen LogP contribution in [0.15, 0.2) is 30.5 Å². The predicted molar refractivity (Wildman–Crippen MR) is 75.2 cm³/mol. The van der Waals surface area contributed by atoms with E-state index >= 15 is 0 Å². The molecule has 1 aromatic carbocycles. The van der Waals surface area contributed by atoms with Crippen molar-refractivity contribution < 1.29 is 9.18 Å². The van der Waals surface area contributed by atoms with Crippen molar-refractivity contribution in [1.82, 2.24) is 20.3 Å². The quantitative estimate of drug-likeness (QED) is 0.937. The van der Waals surface area contributed by atoms with Crippen molar-refractivity contribution in [2.45, 2.75) is 38.3 Å². The number of nitrogens with one attached hydrogen (secondary N) is 1. The van der Waals surface area contributed by atoms with Crippen LogP contribution in [0.1, 0.15) is 41.7 Å². The minimum atomic E-state index is -0.269. The lowest BCUT2D eigenvalue weighted by Gasteiger charge is -2.09. The summed E-state index contributed by atoms with van der Waals surface area (Å²) >= 11 is 0. The third-order valence-corrected chi connectivity index (χ3v) is 3.72. The second-order valence-corrected chi connectivity index (χ2v) is 5.38. The number of carbonyl (C=O) groups is 1. The molecule has 1 saturated carbocycles. The van der Waals surface area contributed by atoms with Gasteiger partial charge in [-0.25, -0.2) is 9.07 Å². The van der Waals surface area contributed by atoms with Gasteiger partial charge >= 0.3 is 0 Å². The van der Waals surface area contributed by atoms with E-state index < -0.39 is 0 Å². The number of halogens is 1. The first-order valence-corrected chi connectivity index (χ1v) is 7.16. The molecule has 21 heavy (non-hydrogen) atoms. The number of hydrogen-bond acceptors (Lipinski definition) is 3. The van der Waals surface area contributed by atoms with E-state index in [2.05, 4.69) is 15.6 Å². The second-order valence-electron chi connectivity index (χ2n) is 5.38. The molecule has 0 aliphatic heterocycles. The van der Waals surface area contributed by atoms with Crippen LogP contribution >= 0.6 is 0 Å². The Morgan fingerprint density at radius 2 is 2.00 bits per heavy atom. The van der Waals surface area contributed by atoms with E-state index in [4.69, 9.17) is 0 Å². The van der Waals surface area contributed by atoms with Crippen molar-refractivity contribution in [2.75, 3.05) is 0 Å². The third kappa shape index (κ3) is 3.45. The highest BCUT2D eigenvalue weighted by molar-refractivity contribution is 5.92. The molecule has 1 aliphatic rings. The average molecular weight is 288 g/mol. The average Bonchev–Trinajstić information content (AvgIpc) is 3.13. The lowest BCUT2D eigenvalue weighted by Crippen LogP contribution is -2.32. The fourth-order valence-electron chi connectivity index (χ4n) is 2.59. The maximum atomic E-state index is 12.8. The van der Waals surface area contributed by atoms with Crippen LogP contribution in [0.25, 0.3) is 0 Å². The van der Waals surface area contributed by atoms with Crippen LogP contribution in [0.5, 0.6) is 0 Å². The molecule has 110 valence electrons. The SMILES string of the molecule is O=C(NC1CCCC1)c1cn(Cc2ccc(F)cc2)nn1. The van der Waals surface area contributed by atoms with Gasteiger partial charge in [-0.1, -0.05) is 30.2 Å². The molecule has 0 saturated heterocycles. The standard InChI is InChI=1S/C15H17FN4O/c16-12-7-5-11(6-8-12)9-20-10-14(18-19-20)15(21)17-13-3-1-2-4-13/h5-8,10,13H,1-4,9H2,(H,17,21). The van der Waals surface area contributed by atoms with Gasteiger partial charge in [0.05, 0.1) is 12.7 Å². The number of hydrogen-bond donors (Lipinski definition) is 1. The Labute approximate surface area is 122 Å². The highest BCUT2D eigenvalue weighted by Gasteiger charge is 2.19. The summed E-state index contributed by atoms with van der Waals surface area (Å²) in [6, 6.07) is 6.45. The Morgan fingerprint density at radius 1 is 1.29 bits per heavy atom. The van der Waals surface area contributed by atoms with Crippen molar-refractivity contribution in [1.29, 1.82) is 0 Å². The number of amides is 1. The van der Waals surface area contributed by atoms with E-state index in [0.717, 1.165) is 18.4 Å². The van der Waals surface area contributed by atoms with Crippen molar-refractivity contribution in [3.05, 3.63) is 47.5 Å². The molecule has 0 bridgehead atoms. The van der Waals surface area contributed by atoms with E-state index in [1.165, 1.54) is 25.0 Å². The molecule has 1 fully saturated rings. The van der Waals surface area contributed by atoms with Crippen LogP contribution in [-0.4, -0.2) is 26.9 Å². The number of benzene rings is 1. The normalized spacial score (nSPS) is 15.3. The summed E-state index contributed by atoms with van der Waals surface area (Å²) in [6.07, 6.45) is 6.03. The zero-order chi connectivity index (χ0) is 14.7. The van der Waals surface area contributed by atoms with Crippen LogP contribution in [-0.2, 0) is 6.54 Å². The Bertz CT molecular complexity index is 617. The molecule has 0 spiro atoms. The molecule has 3 rings (SSSR count). The molecule has 5 nitrogen and oxygen atoms in total. The van der Waals surface area contributed by atoms with Crippen LogP contribution in [0.2, 0.25) is 0 Å². The van der Waals surface area contributed by atoms with Crippen LogP contribution in [0.4, 0.5) is 4.39 Å². The van der Waals surface area contributed by atoms with Crippen molar-refractivity contribution in [2.24, 2.45) is 0 Å². The molecule has 6 heteroatoms. The number of rotatable bonds is 4. The zero-order valence-electron chi connectivity index (χ0n) is 11.6. The smallest absolute Gasteiger partial charge is 0.273 e. The first-order valence-electron chi connectivity index (χ1n) is 7.16. The van der Waals surface area contributed by atoms with Gasteiger partial charge in [-0.15, -0.1) is 5.10 Å². The fourth-order valence-corrected chi connectivity index (χ4v) is 2.59. The van der Waals surface area contributed by atoms with Gasteiger partial charge in [0, 0.05) is 6.04 Å². The monoisotopic (exact) mass is 288 g/mol. The Balaban J connectivity index is 1.62. The molecule has 1 N–H and O–H groups in total. The van der Waals surface area contributed by atoms with Gasteiger partial charge in [0.25, 0.3) is 5.91 Å². The first kappa shape index (κ1) is 13.7. The van der Waals surface area contributed by atoms with E-state index in [1.807, 2.05) is 0 Å². The summed E-state index contributed by atoms with van der Waals surface area (Å²) in [4.78, 5) is 12.0. The maximum absolute atomic E-state index is 12.8. The molecular weight excluding hydrogens is 271 g/mol. The van der Waals surface area contributed by atoms with Crippen LogP contribution in [0, 0.1) is 5.82 Å². The molecule has 1 aliphatic carbocycles. The lowest BCUT2D eigenvalue weighted by molar-refractivity contribution is 0.0932. The van der Waals surface area contributed by atoms with Gasteiger partial charge in [0.2, 0.25) is 0 Å². The topological polar surface area (TPSA) is 59.8 Å². The largest absolute Gasteiger partial charge is 0.348 e. The van der Waals surface area contributed by atoms with Crippen molar-refractivity contribution >= 4 is 5.91 Å². The molecule has 1 aromatic heterocycles. The molecule has 1 amide bonds. The van der Waals surface area contributed by atoms with Gasteiger partial charge in [0.1, 0.15) is 5.82 Å². The van der Waals surface area contributed by atoms with Gasteiger partial charge in [-0.05, 0) is 30.5 Å². The van der Waals surface area contributed by atoms with Gasteiger partial charge in [-0.2, -0.15) is 0 Å². The Kier molecular flexibility index (Phi) is 3.94. The zero-order valence-corrected chi connectivity index (χ0v) is 11.6. The molecular formula is C15H17FN4O. The van der Waals surface area contributed by atoms with Crippen molar-refractivity contribution in [3.63, 3.8) is 0 Å². The Hall–Kier alpha value is -2.24. The molecule has 0 atom stereocenters. The van der Waals surface area contributed by atoms with Gasteiger partial charge < -0.3 is 5.32 Å². The maximum Gasteiger partial charge on any atom is 0.273 e. The lowest BCUT2D eigenvalue weighted by atomic mass is 10.2. The number of nitrogens with zero attached hydrogens (tertiary/aromatic N) is 3. The highest BCUT2D eigenvalue weighted by Crippen LogP contribution is 2.17. The number of aromatic nitrogens is 3. The number of carbonyl (C=O) groups excluding carboxylic acids is 1. The molecule has 1 heterocycles.